The van der Waals surface area contributed by atoms with Crippen LogP contribution in [-0.2, 0) is 6.54 Å². The molecule has 2 aromatic heterocycles. The number of hydrogen-bond acceptors (Lipinski definition) is 8. The van der Waals surface area contributed by atoms with Crippen molar-refractivity contribution >= 4 is 11.9 Å². The monoisotopic (exact) mass is 460 g/mol. The second-order valence-corrected chi connectivity index (χ2v) is 9.16. The Hall–Kier alpha value is -3.30. The second kappa shape index (κ2) is 9.90. The first-order valence-corrected chi connectivity index (χ1v) is 12.0. The van der Waals surface area contributed by atoms with Gasteiger partial charge in [-0.25, -0.2) is 15.0 Å². The van der Waals surface area contributed by atoms with Crippen LogP contribution in [0.3, 0.4) is 0 Å². The molecule has 178 valence electrons. The van der Waals surface area contributed by atoms with Gasteiger partial charge in [0.1, 0.15) is 0 Å². The van der Waals surface area contributed by atoms with Crippen molar-refractivity contribution in [3.63, 3.8) is 0 Å². The van der Waals surface area contributed by atoms with E-state index in [-0.39, 0.29) is 5.56 Å². The summed E-state index contributed by atoms with van der Waals surface area (Å²) in [7, 11) is 2.13. The standard InChI is InChI=1S/C25H32N8O/c1-19-21(17-26-24(27-19)32-12-8-30(2)9-13-32)22-16-23(34)29-25(28-22)33-14-10-31(11-15-33)18-20-6-4-3-5-7-20/h3-7,16-17H,8-15,18H2,1-2H3,(H,28,29,34). The van der Waals surface area contributed by atoms with Gasteiger partial charge in [0.25, 0.3) is 5.56 Å². The van der Waals surface area contributed by atoms with Gasteiger partial charge in [-0.2, -0.15) is 0 Å². The van der Waals surface area contributed by atoms with E-state index < -0.39 is 0 Å². The highest BCUT2D eigenvalue weighted by Gasteiger charge is 2.21. The number of aromatic nitrogens is 4. The lowest BCUT2D eigenvalue weighted by Gasteiger charge is -2.35. The van der Waals surface area contributed by atoms with Crippen molar-refractivity contribution in [2.45, 2.75) is 13.5 Å². The summed E-state index contributed by atoms with van der Waals surface area (Å²) in [5.74, 6) is 1.36. The first-order valence-electron chi connectivity index (χ1n) is 12.0. The van der Waals surface area contributed by atoms with Crippen LogP contribution in [0.4, 0.5) is 11.9 Å². The van der Waals surface area contributed by atoms with E-state index in [2.05, 4.69) is 60.9 Å². The van der Waals surface area contributed by atoms with Gasteiger partial charge in [0.05, 0.1) is 11.4 Å². The molecular formula is C25H32N8O. The maximum Gasteiger partial charge on any atom is 0.252 e. The van der Waals surface area contributed by atoms with Crippen LogP contribution in [0.15, 0.2) is 47.4 Å². The maximum absolute atomic E-state index is 12.5. The normalized spacial score (nSPS) is 17.8. The van der Waals surface area contributed by atoms with E-state index in [1.165, 1.54) is 11.6 Å². The highest BCUT2D eigenvalue weighted by molar-refractivity contribution is 5.62. The first kappa shape index (κ1) is 22.5. The number of likely N-dealkylation sites (N-methyl/N-ethyl adjacent to an activating group) is 1. The van der Waals surface area contributed by atoms with Gasteiger partial charge in [0.2, 0.25) is 11.9 Å². The summed E-state index contributed by atoms with van der Waals surface area (Å²) in [6, 6.07) is 12.1. The van der Waals surface area contributed by atoms with Crippen LogP contribution in [-0.4, -0.2) is 89.1 Å². The zero-order valence-corrected chi connectivity index (χ0v) is 19.9. The van der Waals surface area contributed by atoms with Gasteiger partial charge in [-0.05, 0) is 19.5 Å². The summed E-state index contributed by atoms with van der Waals surface area (Å²) >= 11 is 0. The molecule has 4 heterocycles. The second-order valence-electron chi connectivity index (χ2n) is 9.16. The molecule has 2 saturated heterocycles. The summed E-state index contributed by atoms with van der Waals surface area (Å²) in [5.41, 5.74) is 3.41. The van der Waals surface area contributed by atoms with E-state index in [9.17, 15) is 4.79 Å². The molecule has 2 aliphatic rings. The first-order chi connectivity index (χ1) is 16.5. The summed E-state index contributed by atoms with van der Waals surface area (Å²) in [5, 5.41) is 0. The van der Waals surface area contributed by atoms with Crippen molar-refractivity contribution < 1.29 is 0 Å². The molecule has 0 unspecified atom stereocenters. The predicted octanol–water partition coefficient (Wildman–Crippen LogP) is 1.61. The highest BCUT2D eigenvalue weighted by Crippen LogP contribution is 2.23. The van der Waals surface area contributed by atoms with E-state index in [1.54, 1.807) is 6.20 Å². The molecule has 9 nitrogen and oxygen atoms in total. The van der Waals surface area contributed by atoms with Gasteiger partial charge >= 0.3 is 0 Å². The van der Waals surface area contributed by atoms with Crippen LogP contribution < -0.4 is 15.4 Å². The van der Waals surface area contributed by atoms with Gasteiger partial charge in [-0.3, -0.25) is 14.7 Å². The number of nitrogens with one attached hydrogen (secondary N) is 1. The number of anilines is 2. The Bertz CT molecular complexity index is 1170. The van der Waals surface area contributed by atoms with Crippen molar-refractivity contribution in [1.29, 1.82) is 0 Å². The number of benzene rings is 1. The minimum Gasteiger partial charge on any atom is -0.340 e. The average Bonchev–Trinajstić information content (AvgIpc) is 2.85. The number of H-pyrrole nitrogens is 1. The summed E-state index contributed by atoms with van der Waals surface area (Å²) < 4.78 is 0. The Kier molecular flexibility index (Phi) is 6.55. The average molecular weight is 461 g/mol. The summed E-state index contributed by atoms with van der Waals surface area (Å²) in [4.78, 5) is 38.7. The topological polar surface area (TPSA) is 84.5 Å². The molecule has 0 aliphatic carbocycles. The molecule has 34 heavy (non-hydrogen) atoms. The number of nitrogens with zero attached hydrogens (tertiary/aromatic N) is 7. The van der Waals surface area contributed by atoms with E-state index >= 15 is 0 Å². The molecule has 1 N–H and O–H groups in total. The van der Waals surface area contributed by atoms with Crippen molar-refractivity contribution in [1.82, 2.24) is 29.7 Å². The molecule has 0 saturated carbocycles. The lowest BCUT2D eigenvalue weighted by molar-refractivity contribution is 0.248. The molecule has 0 radical (unpaired) electrons. The van der Waals surface area contributed by atoms with Crippen molar-refractivity contribution in [2.24, 2.45) is 0 Å². The van der Waals surface area contributed by atoms with Crippen molar-refractivity contribution in [3.05, 3.63) is 64.2 Å². The number of piperazine rings is 2. The third kappa shape index (κ3) is 5.10. The minimum absolute atomic E-state index is 0.158. The highest BCUT2D eigenvalue weighted by atomic mass is 16.1. The van der Waals surface area contributed by atoms with E-state index in [0.29, 0.717) is 11.6 Å². The Morgan fingerprint density at radius 1 is 0.912 bits per heavy atom. The molecule has 0 bridgehead atoms. The molecule has 0 amide bonds. The summed E-state index contributed by atoms with van der Waals surface area (Å²) in [6.07, 6.45) is 1.80. The van der Waals surface area contributed by atoms with Crippen molar-refractivity contribution in [3.8, 4) is 11.3 Å². The quantitative estimate of drug-likeness (QED) is 0.615. The third-order valence-corrected chi connectivity index (χ3v) is 6.68. The van der Waals surface area contributed by atoms with Crippen LogP contribution in [0, 0.1) is 6.92 Å². The fraction of sp³-hybridized carbons (Fsp3) is 0.440. The van der Waals surface area contributed by atoms with Gasteiger partial charge in [0, 0.05) is 76.7 Å². The van der Waals surface area contributed by atoms with Gasteiger partial charge in [-0.1, -0.05) is 30.3 Å². The van der Waals surface area contributed by atoms with Crippen LogP contribution in [0.1, 0.15) is 11.3 Å². The molecule has 3 aromatic rings. The van der Waals surface area contributed by atoms with E-state index in [1.807, 2.05) is 13.0 Å². The van der Waals surface area contributed by atoms with Crippen LogP contribution in [0.2, 0.25) is 0 Å². The molecule has 2 fully saturated rings. The molecular weight excluding hydrogens is 428 g/mol. The molecule has 5 rings (SSSR count). The Morgan fingerprint density at radius 3 is 2.32 bits per heavy atom. The van der Waals surface area contributed by atoms with Crippen LogP contribution in [0.25, 0.3) is 11.3 Å². The molecule has 0 spiro atoms. The number of rotatable bonds is 5. The minimum atomic E-state index is -0.158. The molecule has 1 aromatic carbocycles. The van der Waals surface area contributed by atoms with Gasteiger partial charge < -0.3 is 14.7 Å². The van der Waals surface area contributed by atoms with E-state index in [4.69, 9.17) is 9.97 Å². The molecule has 0 atom stereocenters. The molecule has 2 aliphatic heterocycles. The zero-order chi connectivity index (χ0) is 23.5. The van der Waals surface area contributed by atoms with Gasteiger partial charge in [0.15, 0.2) is 0 Å². The van der Waals surface area contributed by atoms with Gasteiger partial charge in [-0.15, -0.1) is 0 Å². The third-order valence-electron chi connectivity index (χ3n) is 6.68. The Labute approximate surface area is 200 Å². The summed E-state index contributed by atoms with van der Waals surface area (Å²) in [6.45, 7) is 10.2. The Balaban J connectivity index is 1.29. The van der Waals surface area contributed by atoms with E-state index in [0.717, 1.165) is 76.1 Å². The smallest absolute Gasteiger partial charge is 0.252 e. The predicted molar refractivity (Wildman–Crippen MR) is 134 cm³/mol. The Morgan fingerprint density at radius 2 is 1.62 bits per heavy atom. The fourth-order valence-corrected chi connectivity index (χ4v) is 4.56. The van der Waals surface area contributed by atoms with Crippen molar-refractivity contribution in [2.75, 3.05) is 69.2 Å². The zero-order valence-electron chi connectivity index (χ0n) is 19.9. The number of aryl methyl sites for hydroxylation is 1. The van der Waals surface area contributed by atoms with Crippen LogP contribution in [0.5, 0.6) is 0 Å². The maximum atomic E-state index is 12.5. The lowest BCUT2D eigenvalue weighted by atomic mass is 10.1. The molecule has 9 heteroatoms. The van der Waals surface area contributed by atoms with Crippen LogP contribution >= 0.6 is 0 Å². The largest absolute Gasteiger partial charge is 0.340 e. The number of hydrogen-bond donors (Lipinski definition) is 1. The SMILES string of the molecule is Cc1nc(N2CCN(C)CC2)ncc1-c1cc(=O)[nH]c(N2CCN(Cc3ccccc3)CC2)n1. The lowest BCUT2D eigenvalue weighted by Crippen LogP contribution is -2.47. The fourth-order valence-electron chi connectivity index (χ4n) is 4.56. The number of aromatic amines is 1.